The van der Waals surface area contributed by atoms with Gasteiger partial charge in [0.05, 0.1) is 14.5 Å². The van der Waals surface area contributed by atoms with Crippen molar-refractivity contribution in [3.05, 3.63) is 12.3 Å². The lowest BCUT2D eigenvalue weighted by Crippen LogP contribution is -2.39. The molecular formula is C18H34OSi. The number of ether oxygens (including phenoxy) is 1. The van der Waals surface area contributed by atoms with Crippen LogP contribution in [0.15, 0.2) is 12.3 Å². The molecule has 0 saturated heterocycles. The van der Waals surface area contributed by atoms with E-state index >= 15 is 0 Å². The molecule has 1 nitrogen and oxygen atoms in total. The van der Waals surface area contributed by atoms with Crippen LogP contribution < -0.4 is 0 Å². The standard InChI is InChI=1S/C18H34OSi/c1-3-19-18(15-16-11-7-5-8-12-16)20(4-2)17-13-9-6-10-14-17/h4,16-18,20H,2-3,5-15H2,1H3. The summed E-state index contributed by atoms with van der Waals surface area (Å²) in [5, 5.41) is 0. The Bertz CT molecular complexity index is 267. The second-order valence-electron chi connectivity index (χ2n) is 6.94. The third-order valence-electron chi connectivity index (χ3n) is 5.57. The molecule has 2 aliphatic carbocycles. The highest BCUT2D eigenvalue weighted by Gasteiger charge is 2.32. The second-order valence-corrected chi connectivity index (χ2v) is 10.3. The predicted molar refractivity (Wildman–Crippen MR) is 90.8 cm³/mol. The van der Waals surface area contributed by atoms with Crippen molar-refractivity contribution in [2.45, 2.75) is 88.8 Å². The molecule has 0 aromatic carbocycles. The molecule has 0 aromatic heterocycles. The highest BCUT2D eigenvalue weighted by Crippen LogP contribution is 2.36. The zero-order chi connectivity index (χ0) is 14.2. The number of hydrogen-bond donors (Lipinski definition) is 0. The molecule has 0 aliphatic heterocycles. The van der Waals surface area contributed by atoms with Crippen molar-refractivity contribution in [1.29, 1.82) is 0 Å². The van der Waals surface area contributed by atoms with Gasteiger partial charge in [0.2, 0.25) is 0 Å². The van der Waals surface area contributed by atoms with Crippen molar-refractivity contribution in [1.82, 2.24) is 0 Å². The van der Waals surface area contributed by atoms with Crippen molar-refractivity contribution < 1.29 is 4.74 Å². The molecule has 2 fully saturated rings. The van der Waals surface area contributed by atoms with Crippen LogP contribution in [0.4, 0.5) is 0 Å². The minimum Gasteiger partial charge on any atom is -0.382 e. The number of hydrogen-bond acceptors (Lipinski definition) is 1. The molecule has 0 amide bonds. The van der Waals surface area contributed by atoms with Crippen LogP contribution in [0.5, 0.6) is 0 Å². The molecule has 2 saturated carbocycles. The summed E-state index contributed by atoms with van der Waals surface area (Å²) in [6, 6.07) is 0. The first-order valence-corrected chi connectivity index (χ1v) is 11.1. The minimum absolute atomic E-state index is 0.573. The fourth-order valence-electron chi connectivity index (χ4n) is 4.47. The average molecular weight is 295 g/mol. The Morgan fingerprint density at radius 1 is 1.05 bits per heavy atom. The largest absolute Gasteiger partial charge is 0.382 e. The minimum atomic E-state index is -0.956. The Morgan fingerprint density at radius 3 is 2.20 bits per heavy atom. The summed E-state index contributed by atoms with van der Waals surface area (Å²) in [5.41, 5.74) is 3.91. The highest BCUT2D eigenvalue weighted by atomic mass is 28.3. The van der Waals surface area contributed by atoms with Gasteiger partial charge in [-0.25, -0.2) is 0 Å². The second kappa shape index (κ2) is 9.04. The van der Waals surface area contributed by atoms with Gasteiger partial charge >= 0.3 is 0 Å². The van der Waals surface area contributed by atoms with Gasteiger partial charge in [-0.15, -0.1) is 12.3 Å². The van der Waals surface area contributed by atoms with Crippen molar-refractivity contribution >= 4 is 8.80 Å². The summed E-state index contributed by atoms with van der Waals surface area (Å²) in [7, 11) is -0.956. The molecule has 2 unspecified atom stereocenters. The Kier molecular flexibility index (Phi) is 7.36. The van der Waals surface area contributed by atoms with Crippen molar-refractivity contribution in [3.63, 3.8) is 0 Å². The van der Waals surface area contributed by atoms with Crippen LogP contribution in [0.2, 0.25) is 5.54 Å². The summed E-state index contributed by atoms with van der Waals surface area (Å²) >= 11 is 0. The van der Waals surface area contributed by atoms with E-state index in [-0.39, 0.29) is 0 Å². The first-order chi connectivity index (χ1) is 9.85. The van der Waals surface area contributed by atoms with Gasteiger partial charge in [-0.3, -0.25) is 0 Å². The fraction of sp³-hybridized carbons (Fsp3) is 0.889. The molecule has 20 heavy (non-hydrogen) atoms. The SMILES string of the molecule is C=C[SiH](C1CCCCC1)C(CC1CCCCC1)OCC. The van der Waals surface area contributed by atoms with E-state index in [9.17, 15) is 0 Å². The molecule has 2 atom stereocenters. The topological polar surface area (TPSA) is 9.23 Å². The van der Waals surface area contributed by atoms with E-state index in [1.165, 1.54) is 70.6 Å². The van der Waals surface area contributed by atoms with Crippen molar-refractivity contribution in [2.75, 3.05) is 6.61 Å². The molecule has 0 heterocycles. The lowest BCUT2D eigenvalue weighted by molar-refractivity contribution is 0.0880. The molecule has 0 bridgehead atoms. The van der Waals surface area contributed by atoms with Crippen LogP contribution in [-0.4, -0.2) is 21.1 Å². The number of rotatable bonds is 7. The van der Waals surface area contributed by atoms with Crippen LogP contribution in [0.25, 0.3) is 0 Å². The normalized spacial score (nSPS) is 25.2. The third-order valence-corrected chi connectivity index (χ3v) is 9.19. The smallest absolute Gasteiger partial charge is 0.0974 e. The van der Waals surface area contributed by atoms with E-state index in [4.69, 9.17) is 4.74 Å². The van der Waals surface area contributed by atoms with E-state index in [1.54, 1.807) is 0 Å². The molecule has 0 aromatic rings. The van der Waals surface area contributed by atoms with Gasteiger partial charge < -0.3 is 4.74 Å². The van der Waals surface area contributed by atoms with Crippen LogP contribution in [0.1, 0.15) is 77.6 Å². The third kappa shape index (κ3) is 4.73. The molecule has 0 spiro atoms. The maximum absolute atomic E-state index is 6.24. The van der Waals surface area contributed by atoms with Gasteiger partial charge in [-0.2, -0.15) is 0 Å². The Morgan fingerprint density at radius 2 is 1.65 bits per heavy atom. The highest BCUT2D eigenvalue weighted by molar-refractivity contribution is 6.67. The van der Waals surface area contributed by atoms with Crippen LogP contribution in [0.3, 0.4) is 0 Å². The Labute approximate surface area is 127 Å². The van der Waals surface area contributed by atoms with Gasteiger partial charge in [0.25, 0.3) is 0 Å². The first-order valence-electron chi connectivity index (χ1n) is 9.09. The summed E-state index contributed by atoms with van der Waals surface area (Å²) in [5.74, 6) is 0.943. The molecule has 0 radical (unpaired) electrons. The zero-order valence-electron chi connectivity index (χ0n) is 13.5. The Balaban J connectivity index is 1.94. The van der Waals surface area contributed by atoms with Crippen molar-refractivity contribution in [3.8, 4) is 0 Å². The summed E-state index contributed by atoms with van der Waals surface area (Å²) in [4.78, 5) is 0. The summed E-state index contributed by atoms with van der Waals surface area (Å²) in [6.45, 7) is 7.27. The maximum Gasteiger partial charge on any atom is 0.0974 e. The molecule has 2 heteroatoms. The van der Waals surface area contributed by atoms with Crippen LogP contribution in [0, 0.1) is 5.92 Å². The summed E-state index contributed by atoms with van der Waals surface area (Å²) in [6.07, 6.45) is 15.9. The zero-order valence-corrected chi connectivity index (χ0v) is 14.6. The monoisotopic (exact) mass is 294 g/mol. The van der Waals surface area contributed by atoms with E-state index in [1.807, 2.05) is 0 Å². The van der Waals surface area contributed by atoms with E-state index in [0.29, 0.717) is 5.73 Å². The maximum atomic E-state index is 6.24. The molecule has 0 N–H and O–H groups in total. The lowest BCUT2D eigenvalue weighted by Gasteiger charge is -2.35. The predicted octanol–water partition coefficient (Wildman–Crippen LogP) is 5.19. The van der Waals surface area contributed by atoms with Gasteiger partial charge in [-0.1, -0.05) is 64.2 Å². The van der Waals surface area contributed by atoms with Crippen LogP contribution in [-0.2, 0) is 4.74 Å². The quantitative estimate of drug-likeness (QED) is 0.587. The van der Waals surface area contributed by atoms with E-state index in [2.05, 4.69) is 19.2 Å². The molecule has 2 aliphatic rings. The molecular weight excluding hydrogens is 260 g/mol. The summed E-state index contributed by atoms with van der Waals surface area (Å²) < 4.78 is 6.24. The van der Waals surface area contributed by atoms with Gasteiger partial charge in [-0.05, 0) is 24.8 Å². The Hall–Kier alpha value is -0.0831. The molecule has 116 valence electrons. The molecule has 2 rings (SSSR count). The average Bonchev–Trinajstić information content (AvgIpc) is 2.50. The fourth-order valence-corrected chi connectivity index (χ4v) is 8.12. The van der Waals surface area contributed by atoms with Crippen molar-refractivity contribution in [2.24, 2.45) is 5.92 Å². The van der Waals surface area contributed by atoms with Crippen LogP contribution >= 0.6 is 0 Å². The van der Waals surface area contributed by atoms with Gasteiger partial charge in [0, 0.05) is 6.61 Å². The lowest BCUT2D eigenvalue weighted by atomic mass is 9.87. The van der Waals surface area contributed by atoms with E-state index < -0.39 is 8.80 Å². The van der Waals surface area contributed by atoms with E-state index in [0.717, 1.165) is 18.1 Å². The van der Waals surface area contributed by atoms with Gasteiger partial charge in [0.1, 0.15) is 0 Å². The van der Waals surface area contributed by atoms with Gasteiger partial charge in [0.15, 0.2) is 0 Å². The first kappa shape index (κ1) is 16.3.